The quantitative estimate of drug-likeness (QED) is 0.763. The van der Waals surface area contributed by atoms with Gasteiger partial charge in [0.1, 0.15) is 5.75 Å². The average Bonchev–Trinajstić information content (AvgIpc) is 2.53. The van der Waals surface area contributed by atoms with Gasteiger partial charge in [0.25, 0.3) is 5.91 Å². The van der Waals surface area contributed by atoms with E-state index in [1.807, 2.05) is 0 Å². The summed E-state index contributed by atoms with van der Waals surface area (Å²) >= 11 is 0. The minimum atomic E-state index is -3.16. The molecule has 0 unspecified atom stereocenters. The SMILES string of the molecule is CC(=O)c1ccc(OCC(=O)NC2CCN(S(C)(=O)=O)CC2)cc1. The van der Waals surface area contributed by atoms with E-state index in [0.717, 1.165) is 0 Å². The minimum absolute atomic E-state index is 0.0280. The lowest BCUT2D eigenvalue weighted by molar-refractivity contribution is -0.124. The number of nitrogens with one attached hydrogen (secondary N) is 1. The molecule has 1 aliphatic heterocycles. The number of benzene rings is 1. The zero-order chi connectivity index (χ0) is 17.7. The maximum absolute atomic E-state index is 11.9. The Hall–Kier alpha value is -1.93. The van der Waals surface area contributed by atoms with Gasteiger partial charge in [-0.1, -0.05) is 0 Å². The van der Waals surface area contributed by atoms with Crippen molar-refractivity contribution in [3.8, 4) is 5.75 Å². The second-order valence-electron chi connectivity index (χ2n) is 5.87. The molecule has 0 saturated carbocycles. The van der Waals surface area contributed by atoms with Crippen molar-refractivity contribution in [3.63, 3.8) is 0 Å². The molecule has 0 bridgehead atoms. The van der Waals surface area contributed by atoms with Crippen molar-refractivity contribution in [2.24, 2.45) is 0 Å². The number of piperidine rings is 1. The van der Waals surface area contributed by atoms with Crippen LogP contribution in [0.1, 0.15) is 30.1 Å². The van der Waals surface area contributed by atoms with Crippen molar-refractivity contribution in [2.45, 2.75) is 25.8 Å². The standard InChI is InChI=1S/C16H22N2O5S/c1-12(19)13-3-5-15(6-4-13)23-11-16(20)17-14-7-9-18(10-8-14)24(2,21)22/h3-6,14H,7-11H2,1-2H3,(H,17,20). The van der Waals surface area contributed by atoms with Gasteiger partial charge in [-0.15, -0.1) is 0 Å². The molecule has 0 atom stereocenters. The van der Waals surface area contributed by atoms with E-state index in [4.69, 9.17) is 4.74 Å². The molecule has 2 rings (SSSR count). The highest BCUT2D eigenvalue weighted by Crippen LogP contribution is 2.14. The predicted molar refractivity (Wildman–Crippen MR) is 89.5 cm³/mol. The largest absolute Gasteiger partial charge is 0.484 e. The number of nitrogens with zero attached hydrogens (tertiary/aromatic N) is 1. The predicted octanol–water partition coefficient (Wildman–Crippen LogP) is 0.808. The van der Waals surface area contributed by atoms with E-state index in [9.17, 15) is 18.0 Å². The summed E-state index contributed by atoms with van der Waals surface area (Å²) in [7, 11) is -3.16. The summed E-state index contributed by atoms with van der Waals surface area (Å²) < 4.78 is 29.7. The number of rotatable bonds is 6. The van der Waals surface area contributed by atoms with Crippen LogP contribution >= 0.6 is 0 Å². The third kappa shape index (κ3) is 5.31. The summed E-state index contributed by atoms with van der Waals surface area (Å²) in [5.74, 6) is 0.241. The third-order valence-electron chi connectivity index (χ3n) is 3.92. The molecule has 0 aliphatic carbocycles. The Morgan fingerprint density at radius 1 is 1.21 bits per heavy atom. The number of carbonyl (C=O) groups excluding carboxylic acids is 2. The highest BCUT2D eigenvalue weighted by Gasteiger charge is 2.25. The summed E-state index contributed by atoms with van der Waals surface area (Å²) in [6.45, 7) is 2.19. The van der Waals surface area contributed by atoms with E-state index < -0.39 is 10.0 Å². The molecule has 1 fully saturated rings. The number of ether oxygens (including phenoxy) is 1. The second kappa shape index (κ2) is 7.76. The molecule has 0 spiro atoms. The van der Waals surface area contributed by atoms with Crippen LogP contribution in [0.2, 0.25) is 0 Å². The Balaban J connectivity index is 1.75. The Bertz CT molecular complexity index is 692. The molecule has 1 N–H and O–H groups in total. The lowest BCUT2D eigenvalue weighted by Gasteiger charge is -2.30. The van der Waals surface area contributed by atoms with Crippen LogP contribution in [0.25, 0.3) is 0 Å². The van der Waals surface area contributed by atoms with Gasteiger partial charge < -0.3 is 10.1 Å². The number of Topliss-reactive ketones (excluding diaryl/α,β-unsaturated/α-hetero) is 1. The number of amides is 1. The molecule has 1 aliphatic rings. The monoisotopic (exact) mass is 354 g/mol. The fourth-order valence-electron chi connectivity index (χ4n) is 2.54. The molecule has 24 heavy (non-hydrogen) atoms. The van der Waals surface area contributed by atoms with Crippen LogP contribution < -0.4 is 10.1 Å². The highest BCUT2D eigenvalue weighted by atomic mass is 32.2. The molecule has 0 radical (unpaired) electrons. The first-order chi connectivity index (χ1) is 11.3. The first kappa shape index (κ1) is 18.4. The van der Waals surface area contributed by atoms with E-state index in [1.165, 1.54) is 17.5 Å². The van der Waals surface area contributed by atoms with Crippen LogP contribution in [0.15, 0.2) is 24.3 Å². The highest BCUT2D eigenvalue weighted by molar-refractivity contribution is 7.88. The fraction of sp³-hybridized carbons (Fsp3) is 0.500. The van der Waals surface area contributed by atoms with Crippen LogP contribution in [0, 0.1) is 0 Å². The summed E-state index contributed by atoms with van der Waals surface area (Å²) in [4.78, 5) is 23.1. The molecule has 8 heteroatoms. The van der Waals surface area contributed by atoms with Gasteiger partial charge in [0.05, 0.1) is 6.26 Å². The Kier molecular flexibility index (Phi) is 5.95. The van der Waals surface area contributed by atoms with Crippen molar-refractivity contribution >= 4 is 21.7 Å². The fourth-order valence-corrected chi connectivity index (χ4v) is 3.41. The van der Waals surface area contributed by atoms with Crippen LogP contribution in [0.3, 0.4) is 0 Å². The van der Waals surface area contributed by atoms with Crippen LogP contribution in [-0.2, 0) is 14.8 Å². The van der Waals surface area contributed by atoms with Gasteiger partial charge in [0, 0.05) is 24.7 Å². The van der Waals surface area contributed by atoms with Gasteiger partial charge in [-0.3, -0.25) is 9.59 Å². The summed E-state index contributed by atoms with van der Waals surface area (Å²) in [5, 5.41) is 2.85. The van der Waals surface area contributed by atoms with Crippen molar-refractivity contribution in [3.05, 3.63) is 29.8 Å². The molecular weight excluding hydrogens is 332 g/mol. The lowest BCUT2D eigenvalue weighted by Crippen LogP contribution is -2.47. The number of ketones is 1. The molecule has 7 nitrogen and oxygen atoms in total. The summed E-state index contributed by atoms with van der Waals surface area (Å²) in [6.07, 6.45) is 2.37. The average molecular weight is 354 g/mol. The third-order valence-corrected chi connectivity index (χ3v) is 5.22. The molecule has 1 aromatic carbocycles. The molecule has 132 valence electrons. The summed E-state index contributed by atoms with van der Waals surface area (Å²) in [6, 6.07) is 6.55. The van der Waals surface area contributed by atoms with E-state index in [0.29, 0.717) is 37.2 Å². The second-order valence-corrected chi connectivity index (χ2v) is 7.86. The molecule has 1 aromatic rings. The first-order valence-corrected chi connectivity index (χ1v) is 9.59. The van der Waals surface area contributed by atoms with Crippen molar-refractivity contribution in [1.29, 1.82) is 0 Å². The molecule has 1 heterocycles. The number of sulfonamides is 1. The van der Waals surface area contributed by atoms with Crippen LogP contribution in [0.4, 0.5) is 0 Å². The van der Waals surface area contributed by atoms with Gasteiger partial charge in [-0.2, -0.15) is 0 Å². The number of hydrogen-bond acceptors (Lipinski definition) is 5. The smallest absolute Gasteiger partial charge is 0.258 e. The minimum Gasteiger partial charge on any atom is -0.484 e. The van der Waals surface area contributed by atoms with Crippen molar-refractivity contribution < 1.29 is 22.7 Å². The molecule has 1 saturated heterocycles. The van der Waals surface area contributed by atoms with Crippen LogP contribution in [-0.4, -0.2) is 56.4 Å². The number of hydrogen-bond donors (Lipinski definition) is 1. The van der Waals surface area contributed by atoms with E-state index in [-0.39, 0.29) is 24.3 Å². The van der Waals surface area contributed by atoms with Crippen LogP contribution in [0.5, 0.6) is 5.75 Å². The van der Waals surface area contributed by atoms with Crippen molar-refractivity contribution in [2.75, 3.05) is 26.0 Å². The zero-order valence-electron chi connectivity index (χ0n) is 13.8. The molecule has 0 aromatic heterocycles. The van der Waals surface area contributed by atoms with E-state index >= 15 is 0 Å². The molecular formula is C16H22N2O5S. The maximum atomic E-state index is 11.9. The van der Waals surface area contributed by atoms with Gasteiger partial charge in [0.2, 0.25) is 10.0 Å². The first-order valence-electron chi connectivity index (χ1n) is 7.74. The maximum Gasteiger partial charge on any atom is 0.258 e. The van der Waals surface area contributed by atoms with Gasteiger partial charge in [0.15, 0.2) is 12.4 Å². The Labute approximate surface area is 142 Å². The van der Waals surface area contributed by atoms with Gasteiger partial charge in [-0.25, -0.2) is 12.7 Å². The Morgan fingerprint density at radius 2 is 1.79 bits per heavy atom. The topological polar surface area (TPSA) is 92.8 Å². The van der Waals surface area contributed by atoms with E-state index in [1.54, 1.807) is 24.3 Å². The van der Waals surface area contributed by atoms with E-state index in [2.05, 4.69) is 5.32 Å². The summed E-state index contributed by atoms with van der Waals surface area (Å²) in [5.41, 5.74) is 0.587. The molecule has 1 amide bonds. The Morgan fingerprint density at radius 3 is 2.29 bits per heavy atom. The zero-order valence-corrected chi connectivity index (χ0v) is 14.6. The van der Waals surface area contributed by atoms with Gasteiger partial charge in [-0.05, 0) is 44.0 Å². The normalized spacial score (nSPS) is 16.6. The van der Waals surface area contributed by atoms with Gasteiger partial charge >= 0.3 is 0 Å². The van der Waals surface area contributed by atoms with Crippen molar-refractivity contribution in [1.82, 2.24) is 9.62 Å². The lowest BCUT2D eigenvalue weighted by atomic mass is 10.1. The number of carbonyl (C=O) groups is 2.